The fourth-order valence-electron chi connectivity index (χ4n) is 3.64. The summed E-state index contributed by atoms with van der Waals surface area (Å²) < 4.78 is 52.5. The van der Waals surface area contributed by atoms with Crippen molar-refractivity contribution >= 4 is 11.6 Å². The fourth-order valence-corrected chi connectivity index (χ4v) is 3.64. The number of carbonyl (C=O) groups excluding carboxylic acids is 1. The Morgan fingerprint density at radius 2 is 1.81 bits per heavy atom. The molecule has 0 saturated heterocycles. The third-order valence-corrected chi connectivity index (χ3v) is 4.46. The molecule has 3 rings (SSSR count). The summed E-state index contributed by atoms with van der Waals surface area (Å²) in [5.41, 5.74) is -0.845. The zero-order chi connectivity index (χ0) is 15.3. The lowest BCUT2D eigenvalue weighted by molar-refractivity contribution is -0.135. The van der Waals surface area contributed by atoms with Gasteiger partial charge in [-0.2, -0.15) is 13.2 Å². The number of fused-ring (bicyclic) bond motifs is 2. The van der Waals surface area contributed by atoms with E-state index in [4.69, 9.17) is 0 Å². The minimum atomic E-state index is -4.50. The second-order valence-corrected chi connectivity index (χ2v) is 5.78. The van der Waals surface area contributed by atoms with E-state index in [0.717, 1.165) is 19.3 Å². The fraction of sp³-hybridized carbons (Fsp3) is 0.533. The molecule has 0 radical (unpaired) electrons. The molecule has 0 unspecified atom stereocenters. The molecular formula is C15H15F4NO. The summed E-state index contributed by atoms with van der Waals surface area (Å²) in [6, 6.07) is 3.98. The molecule has 2 nitrogen and oxygen atoms in total. The van der Waals surface area contributed by atoms with Crippen molar-refractivity contribution in [3.8, 4) is 0 Å². The smallest absolute Gasteiger partial charge is 0.302 e. The lowest BCUT2D eigenvalue weighted by Crippen LogP contribution is -2.45. The number of amides is 1. The Balaban J connectivity index is 2.12. The monoisotopic (exact) mass is 301 g/mol. The van der Waals surface area contributed by atoms with Gasteiger partial charge in [-0.3, -0.25) is 4.79 Å². The zero-order valence-electron chi connectivity index (χ0n) is 11.3. The number of benzene rings is 1. The van der Waals surface area contributed by atoms with Crippen molar-refractivity contribution in [3.05, 3.63) is 29.6 Å². The Hall–Kier alpha value is -1.59. The lowest BCUT2D eigenvalue weighted by Gasteiger charge is -2.32. The van der Waals surface area contributed by atoms with E-state index < -0.39 is 29.9 Å². The Morgan fingerprint density at radius 1 is 1.14 bits per heavy atom. The number of halogens is 4. The van der Waals surface area contributed by atoms with Gasteiger partial charge in [0.05, 0.1) is 11.1 Å². The highest BCUT2D eigenvalue weighted by atomic mass is 19.4. The number of hydrogen-bond donors (Lipinski definition) is 0. The number of carbonyl (C=O) groups is 1. The molecule has 2 aliphatic rings. The molecule has 1 saturated carbocycles. The number of hydrogen-bond acceptors (Lipinski definition) is 1. The van der Waals surface area contributed by atoms with Crippen molar-refractivity contribution in [2.24, 2.45) is 0 Å². The predicted molar refractivity (Wildman–Crippen MR) is 69.6 cm³/mol. The van der Waals surface area contributed by atoms with E-state index in [9.17, 15) is 22.4 Å². The molecule has 1 aliphatic heterocycles. The molecule has 1 aromatic carbocycles. The van der Waals surface area contributed by atoms with Crippen molar-refractivity contribution in [2.75, 3.05) is 11.4 Å². The standard InChI is InChI=1S/C15H15F4NO/c16-10-5-4-6-11-12(10)14(7-2-1-3-8-14)13(21)20(11)9-15(17,18)19/h4-6H,1-3,7-9H2. The summed E-state index contributed by atoms with van der Waals surface area (Å²) in [5, 5.41) is 0. The molecule has 114 valence electrons. The third kappa shape index (κ3) is 2.21. The van der Waals surface area contributed by atoms with Crippen molar-refractivity contribution in [1.29, 1.82) is 0 Å². The highest BCUT2D eigenvalue weighted by molar-refractivity contribution is 6.08. The van der Waals surface area contributed by atoms with Crippen LogP contribution >= 0.6 is 0 Å². The average molecular weight is 301 g/mol. The van der Waals surface area contributed by atoms with Gasteiger partial charge in [0, 0.05) is 5.56 Å². The van der Waals surface area contributed by atoms with Crippen LogP contribution in [0.4, 0.5) is 23.2 Å². The molecule has 1 aliphatic carbocycles. The van der Waals surface area contributed by atoms with Gasteiger partial charge in [0.2, 0.25) is 5.91 Å². The second kappa shape index (κ2) is 4.71. The van der Waals surface area contributed by atoms with Crippen LogP contribution < -0.4 is 4.90 Å². The first-order valence-corrected chi connectivity index (χ1v) is 7.03. The SMILES string of the molecule is O=C1N(CC(F)(F)F)c2cccc(F)c2C12CCCCC2. The molecule has 21 heavy (non-hydrogen) atoms. The van der Waals surface area contributed by atoms with Crippen LogP contribution in [-0.2, 0) is 10.2 Å². The van der Waals surface area contributed by atoms with Crippen LogP contribution in [0.1, 0.15) is 37.7 Å². The van der Waals surface area contributed by atoms with Gasteiger partial charge < -0.3 is 4.90 Å². The highest BCUT2D eigenvalue weighted by Gasteiger charge is 2.54. The van der Waals surface area contributed by atoms with Gasteiger partial charge in [0.15, 0.2) is 0 Å². The third-order valence-electron chi connectivity index (χ3n) is 4.46. The quantitative estimate of drug-likeness (QED) is 0.720. The molecule has 0 N–H and O–H groups in total. The molecule has 1 aromatic rings. The summed E-state index contributed by atoms with van der Waals surface area (Å²) in [6.07, 6.45) is -1.25. The molecule has 1 fully saturated rings. The van der Waals surface area contributed by atoms with E-state index in [2.05, 4.69) is 0 Å². The van der Waals surface area contributed by atoms with Gasteiger partial charge in [-0.05, 0) is 25.0 Å². The van der Waals surface area contributed by atoms with Crippen molar-refractivity contribution in [3.63, 3.8) is 0 Å². The largest absolute Gasteiger partial charge is 0.406 e. The van der Waals surface area contributed by atoms with E-state index in [1.165, 1.54) is 18.2 Å². The van der Waals surface area contributed by atoms with Crippen molar-refractivity contribution in [1.82, 2.24) is 0 Å². The Morgan fingerprint density at radius 3 is 2.43 bits per heavy atom. The summed E-state index contributed by atoms with van der Waals surface area (Å²) in [7, 11) is 0. The molecule has 1 amide bonds. The van der Waals surface area contributed by atoms with Gasteiger partial charge in [-0.15, -0.1) is 0 Å². The molecule has 0 aromatic heterocycles. The van der Waals surface area contributed by atoms with Crippen LogP contribution in [-0.4, -0.2) is 18.6 Å². The van der Waals surface area contributed by atoms with Crippen LogP contribution in [0, 0.1) is 5.82 Å². The molecule has 1 heterocycles. The Bertz CT molecular complexity index is 576. The molecular weight excluding hydrogens is 286 g/mol. The molecule has 0 atom stereocenters. The maximum absolute atomic E-state index is 14.2. The maximum atomic E-state index is 14.2. The van der Waals surface area contributed by atoms with Crippen molar-refractivity contribution in [2.45, 2.75) is 43.7 Å². The van der Waals surface area contributed by atoms with E-state index in [0.29, 0.717) is 17.7 Å². The lowest BCUT2D eigenvalue weighted by atomic mass is 9.70. The first kappa shape index (κ1) is 14.4. The van der Waals surface area contributed by atoms with Crippen LogP contribution in [0.3, 0.4) is 0 Å². The summed E-state index contributed by atoms with van der Waals surface area (Å²) in [6.45, 7) is -1.36. The van der Waals surface area contributed by atoms with E-state index >= 15 is 0 Å². The Kier molecular flexibility index (Phi) is 3.22. The van der Waals surface area contributed by atoms with Crippen LogP contribution in [0.15, 0.2) is 18.2 Å². The second-order valence-electron chi connectivity index (χ2n) is 5.78. The topological polar surface area (TPSA) is 20.3 Å². The highest BCUT2D eigenvalue weighted by Crippen LogP contribution is 2.51. The average Bonchev–Trinajstić information content (AvgIpc) is 2.63. The van der Waals surface area contributed by atoms with Crippen LogP contribution in [0.5, 0.6) is 0 Å². The summed E-state index contributed by atoms with van der Waals surface area (Å²) in [5.74, 6) is -1.17. The van der Waals surface area contributed by atoms with Gasteiger partial charge in [-0.1, -0.05) is 25.3 Å². The Labute approximate surface area is 119 Å². The first-order chi connectivity index (χ1) is 9.85. The number of anilines is 1. The molecule has 0 bridgehead atoms. The minimum absolute atomic E-state index is 0.0826. The molecule has 6 heteroatoms. The predicted octanol–water partition coefficient (Wildman–Crippen LogP) is 3.94. The van der Waals surface area contributed by atoms with E-state index in [-0.39, 0.29) is 11.3 Å². The van der Waals surface area contributed by atoms with Crippen LogP contribution in [0.25, 0.3) is 0 Å². The van der Waals surface area contributed by atoms with Gasteiger partial charge >= 0.3 is 6.18 Å². The minimum Gasteiger partial charge on any atom is -0.302 e. The summed E-state index contributed by atoms with van der Waals surface area (Å²) >= 11 is 0. The summed E-state index contributed by atoms with van der Waals surface area (Å²) in [4.78, 5) is 13.3. The normalized spacial score (nSPS) is 21.0. The van der Waals surface area contributed by atoms with E-state index in [1.54, 1.807) is 0 Å². The van der Waals surface area contributed by atoms with Crippen molar-refractivity contribution < 1.29 is 22.4 Å². The number of alkyl halides is 3. The molecule has 1 spiro atoms. The zero-order valence-corrected chi connectivity index (χ0v) is 11.3. The maximum Gasteiger partial charge on any atom is 0.406 e. The van der Waals surface area contributed by atoms with Gasteiger partial charge in [0.1, 0.15) is 12.4 Å². The first-order valence-electron chi connectivity index (χ1n) is 7.03. The van der Waals surface area contributed by atoms with E-state index in [1.807, 2.05) is 0 Å². The number of nitrogens with zero attached hydrogens (tertiary/aromatic N) is 1. The van der Waals surface area contributed by atoms with Gasteiger partial charge in [0.25, 0.3) is 0 Å². The van der Waals surface area contributed by atoms with Gasteiger partial charge in [-0.25, -0.2) is 4.39 Å². The number of rotatable bonds is 1. The van der Waals surface area contributed by atoms with Crippen LogP contribution in [0.2, 0.25) is 0 Å².